The first-order valence-electron chi connectivity index (χ1n) is 3.78. The summed E-state index contributed by atoms with van der Waals surface area (Å²) in [6.45, 7) is 0.106. The van der Waals surface area contributed by atoms with E-state index in [9.17, 15) is 0 Å². The summed E-state index contributed by atoms with van der Waals surface area (Å²) in [5.41, 5.74) is 7.15. The van der Waals surface area contributed by atoms with Gasteiger partial charge in [-0.3, -0.25) is 0 Å². The highest BCUT2D eigenvalue weighted by Gasteiger charge is 1.85. The van der Waals surface area contributed by atoms with Gasteiger partial charge in [0.1, 0.15) is 0 Å². The van der Waals surface area contributed by atoms with Crippen LogP contribution in [0.25, 0.3) is 0 Å². The minimum atomic E-state index is 0.106. The number of aliphatic hydroxyl groups excluding tert-OH is 1. The number of benzene rings is 1. The molecule has 2 nitrogen and oxygen atoms in total. The van der Waals surface area contributed by atoms with Crippen LogP contribution in [0.4, 0.5) is 5.69 Å². The molecule has 0 aliphatic heterocycles. The van der Waals surface area contributed by atoms with Gasteiger partial charge in [0.05, 0.1) is 6.61 Å². The SMILES string of the molecule is Nc1cccc(C#CCCO)c1. The molecule has 0 saturated heterocycles. The number of hydrogen-bond acceptors (Lipinski definition) is 2. The zero-order chi connectivity index (χ0) is 8.81. The summed E-state index contributed by atoms with van der Waals surface area (Å²) >= 11 is 0. The van der Waals surface area contributed by atoms with Crippen molar-refractivity contribution in [3.05, 3.63) is 29.8 Å². The Labute approximate surface area is 72.0 Å². The second-order valence-corrected chi connectivity index (χ2v) is 2.40. The van der Waals surface area contributed by atoms with E-state index in [2.05, 4.69) is 11.8 Å². The molecule has 62 valence electrons. The molecule has 0 radical (unpaired) electrons. The Kier molecular flexibility index (Phi) is 3.18. The van der Waals surface area contributed by atoms with Crippen molar-refractivity contribution in [3.8, 4) is 11.8 Å². The summed E-state index contributed by atoms with van der Waals surface area (Å²) in [4.78, 5) is 0. The Balaban J connectivity index is 2.71. The van der Waals surface area contributed by atoms with Crippen molar-refractivity contribution >= 4 is 5.69 Å². The van der Waals surface area contributed by atoms with Crippen LogP contribution < -0.4 is 5.73 Å². The van der Waals surface area contributed by atoms with Crippen LogP contribution in [0.15, 0.2) is 24.3 Å². The van der Waals surface area contributed by atoms with Gasteiger partial charge < -0.3 is 10.8 Å². The molecule has 0 bridgehead atoms. The van der Waals surface area contributed by atoms with Gasteiger partial charge in [-0.2, -0.15) is 0 Å². The zero-order valence-corrected chi connectivity index (χ0v) is 6.75. The molecule has 1 aromatic carbocycles. The van der Waals surface area contributed by atoms with Crippen molar-refractivity contribution in [2.75, 3.05) is 12.3 Å². The first kappa shape index (κ1) is 8.63. The smallest absolute Gasteiger partial charge is 0.0540 e. The fraction of sp³-hybridized carbons (Fsp3) is 0.200. The summed E-state index contributed by atoms with van der Waals surface area (Å²) < 4.78 is 0. The topological polar surface area (TPSA) is 46.2 Å². The fourth-order valence-electron chi connectivity index (χ4n) is 0.837. The molecule has 0 atom stereocenters. The Morgan fingerprint density at radius 2 is 2.25 bits per heavy atom. The molecule has 3 N–H and O–H groups in total. The summed E-state index contributed by atoms with van der Waals surface area (Å²) in [6, 6.07) is 7.38. The summed E-state index contributed by atoms with van der Waals surface area (Å²) in [5, 5.41) is 8.47. The molecule has 0 aromatic heterocycles. The minimum Gasteiger partial charge on any atom is -0.399 e. The number of rotatable bonds is 1. The van der Waals surface area contributed by atoms with Crippen LogP contribution in [-0.4, -0.2) is 11.7 Å². The molecule has 0 aliphatic carbocycles. The summed E-state index contributed by atoms with van der Waals surface area (Å²) in [7, 11) is 0. The predicted octanol–water partition coefficient (Wildman–Crippen LogP) is 1.00. The third-order valence-electron chi connectivity index (χ3n) is 1.36. The van der Waals surface area contributed by atoms with E-state index in [-0.39, 0.29) is 6.61 Å². The number of hydrogen-bond donors (Lipinski definition) is 2. The van der Waals surface area contributed by atoms with Gasteiger partial charge in [0.2, 0.25) is 0 Å². The first-order chi connectivity index (χ1) is 5.83. The Morgan fingerprint density at radius 1 is 1.42 bits per heavy atom. The lowest BCUT2D eigenvalue weighted by atomic mass is 10.2. The number of aliphatic hydroxyl groups is 1. The molecule has 0 unspecified atom stereocenters. The lowest BCUT2D eigenvalue weighted by Gasteiger charge is -1.91. The Morgan fingerprint density at radius 3 is 2.92 bits per heavy atom. The molecule has 0 aliphatic rings. The van der Waals surface area contributed by atoms with Crippen molar-refractivity contribution in [3.63, 3.8) is 0 Å². The molecular formula is C10H11NO. The van der Waals surface area contributed by atoms with Crippen LogP contribution in [-0.2, 0) is 0 Å². The fourth-order valence-corrected chi connectivity index (χ4v) is 0.837. The number of nitrogens with two attached hydrogens (primary N) is 1. The van der Waals surface area contributed by atoms with Gasteiger partial charge in [-0.05, 0) is 18.2 Å². The zero-order valence-electron chi connectivity index (χ0n) is 6.75. The van der Waals surface area contributed by atoms with E-state index >= 15 is 0 Å². The average Bonchev–Trinajstić information content (AvgIpc) is 2.05. The van der Waals surface area contributed by atoms with E-state index in [1.807, 2.05) is 24.3 Å². The molecule has 0 amide bonds. The standard InChI is InChI=1S/C10H11NO/c11-10-6-3-5-9(8-10)4-1-2-7-12/h3,5-6,8,12H,2,7,11H2. The second-order valence-electron chi connectivity index (χ2n) is 2.40. The van der Waals surface area contributed by atoms with E-state index in [0.29, 0.717) is 12.1 Å². The van der Waals surface area contributed by atoms with Gasteiger partial charge in [-0.1, -0.05) is 17.9 Å². The predicted molar refractivity (Wildman–Crippen MR) is 49.4 cm³/mol. The second kappa shape index (κ2) is 4.42. The van der Waals surface area contributed by atoms with Crippen LogP contribution >= 0.6 is 0 Å². The molecule has 2 heteroatoms. The van der Waals surface area contributed by atoms with E-state index in [1.165, 1.54) is 0 Å². The average molecular weight is 161 g/mol. The normalized spacial score (nSPS) is 8.75. The van der Waals surface area contributed by atoms with Crippen LogP contribution in [0.1, 0.15) is 12.0 Å². The summed E-state index contributed by atoms with van der Waals surface area (Å²) in [5.74, 6) is 5.72. The van der Waals surface area contributed by atoms with Crippen LogP contribution in [0, 0.1) is 11.8 Å². The van der Waals surface area contributed by atoms with Gasteiger partial charge in [0, 0.05) is 17.7 Å². The Bertz CT molecular complexity index is 309. The monoisotopic (exact) mass is 161 g/mol. The first-order valence-corrected chi connectivity index (χ1v) is 3.78. The van der Waals surface area contributed by atoms with E-state index in [0.717, 1.165) is 5.56 Å². The highest BCUT2D eigenvalue weighted by molar-refractivity contribution is 5.46. The lowest BCUT2D eigenvalue weighted by Crippen LogP contribution is -1.84. The maximum absolute atomic E-state index is 8.47. The van der Waals surface area contributed by atoms with Crippen molar-refractivity contribution in [2.24, 2.45) is 0 Å². The van der Waals surface area contributed by atoms with Gasteiger partial charge in [-0.25, -0.2) is 0 Å². The maximum atomic E-state index is 8.47. The van der Waals surface area contributed by atoms with E-state index in [1.54, 1.807) is 0 Å². The molecule has 1 rings (SSSR count). The Hall–Kier alpha value is -1.46. The van der Waals surface area contributed by atoms with Gasteiger partial charge >= 0.3 is 0 Å². The van der Waals surface area contributed by atoms with E-state index < -0.39 is 0 Å². The highest BCUT2D eigenvalue weighted by Crippen LogP contribution is 2.04. The highest BCUT2D eigenvalue weighted by atomic mass is 16.2. The van der Waals surface area contributed by atoms with Gasteiger partial charge in [-0.15, -0.1) is 0 Å². The molecule has 0 heterocycles. The van der Waals surface area contributed by atoms with Crippen molar-refractivity contribution < 1.29 is 5.11 Å². The molecule has 0 saturated carbocycles. The molecule has 0 fully saturated rings. The molecule has 0 spiro atoms. The van der Waals surface area contributed by atoms with Crippen molar-refractivity contribution in [1.29, 1.82) is 0 Å². The lowest BCUT2D eigenvalue weighted by molar-refractivity contribution is 0.305. The van der Waals surface area contributed by atoms with Gasteiger partial charge in [0.15, 0.2) is 0 Å². The molecule has 1 aromatic rings. The van der Waals surface area contributed by atoms with Crippen molar-refractivity contribution in [2.45, 2.75) is 6.42 Å². The third kappa shape index (κ3) is 2.65. The summed E-state index contributed by atoms with van der Waals surface area (Å²) in [6.07, 6.45) is 0.509. The molecule has 12 heavy (non-hydrogen) atoms. The third-order valence-corrected chi connectivity index (χ3v) is 1.36. The number of nitrogen functional groups attached to an aromatic ring is 1. The number of anilines is 1. The maximum Gasteiger partial charge on any atom is 0.0540 e. The van der Waals surface area contributed by atoms with Crippen molar-refractivity contribution in [1.82, 2.24) is 0 Å². The van der Waals surface area contributed by atoms with E-state index in [4.69, 9.17) is 10.8 Å². The van der Waals surface area contributed by atoms with Gasteiger partial charge in [0.25, 0.3) is 0 Å². The largest absolute Gasteiger partial charge is 0.399 e. The van der Waals surface area contributed by atoms with Crippen LogP contribution in [0.2, 0.25) is 0 Å². The minimum absolute atomic E-state index is 0.106. The molecular weight excluding hydrogens is 150 g/mol. The van der Waals surface area contributed by atoms with Crippen LogP contribution in [0.3, 0.4) is 0 Å². The quantitative estimate of drug-likeness (QED) is 0.477. The van der Waals surface area contributed by atoms with Crippen LogP contribution in [0.5, 0.6) is 0 Å².